The van der Waals surface area contributed by atoms with Gasteiger partial charge in [-0.3, -0.25) is 4.79 Å². The number of carbonyl (C=O) groups excluding carboxylic acids is 1. The Labute approximate surface area is 57.9 Å². The van der Waals surface area contributed by atoms with Gasteiger partial charge in [0, 0.05) is 0 Å². The molecular weight excluding hydrogens is 132 g/mol. The molecule has 52 valence electrons. The second-order valence-corrected chi connectivity index (χ2v) is 2.12. The molecule has 0 spiro atoms. The van der Waals surface area contributed by atoms with Crippen LogP contribution in [0.2, 0.25) is 0 Å². The third-order valence-corrected chi connectivity index (χ3v) is 1.35. The van der Waals surface area contributed by atoms with Crippen LogP contribution in [0.4, 0.5) is 0 Å². The maximum absolute atomic E-state index is 10.9. The Bertz CT molecular complexity index is 237. The molecule has 2 heterocycles. The maximum atomic E-state index is 10.9. The summed E-state index contributed by atoms with van der Waals surface area (Å²) >= 11 is 0. The minimum absolute atomic E-state index is 0.0882. The molecule has 3 heteroatoms. The zero-order valence-electron chi connectivity index (χ0n) is 5.29. The predicted octanol–water partition coefficient (Wildman–Crippen LogP) is 0.731. The van der Waals surface area contributed by atoms with Crippen molar-refractivity contribution < 1.29 is 14.3 Å². The summed E-state index contributed by atoms with van der Waals surface area (Å²) in [5.41, 5.74) is 0. The van der Waals surface area contributed by atoms with Crippen molar-refractivity contribution in [2.75, 3.05) is 6.61 Å². The van der Waals surface area contributed by atoms with Crippen molar-refractivity contribution in [1.29, 1.82) is 0 Å². The van der Waals surface area contributed by atoms with E-state index < -0.39 is 0 Å². The third kappa shape index (κ3) is 0.795. The molecule has 2 aliphatic rings. The van der Waals surface area contributed by atoms with Crippen molar-refractivity contribution in [2.45, 2.75) is 6.42 Å². The lowest BCUT2D eigenvalue weighted by atomic mass is 10.3. The normalized spacial score (nSPS) is 22.2. The minimum atomic E-state index is -0.0882. The van der Waals surface area contributed by atoms with Gasteiger partial charge in [0.25, 0.3) is 5.76 Å². The van der Waals surface area contributed by atoms with Gasteiger partial charge in [-0.1, -0.05) is 6.08 Å². The molecule has 0 fully saturated rings. The highest BCUT2D eigenvalue weighted by Gasteiger charge is 2.33. The Morgan fingerprint density at radius 2 is 2.40 bits per heavy atom. The van der Waals surface area contributed by atoms with Crippen LogP contribution < -0.4 is 0 Å². The van der Waals surface area contributed by atoms with Gasteiger partial charge in [-0.2, -0.15) is 0 Å². The molecule has 0 aromatic carbocycles. The molecule has 0 radical (unpaired) electrons. The molecule has 0 N–H and O–H groups in total. The van der Waals surface area contributed by atoms with Crippen molar-refractivity contribution in [1.82, 2.24) is 0 Å². The van der Waals surface area contributed by atoms with Crippen molar-refractivity contribution >= 4 is 5.78 Å². The smallest absolute Gasteiger partial charge is 0.334 e. The summed E-state index contributed by atoms with van der Waals surface area (Å²) in [6.07, 6.45) is 4.07. The summed E-state index contributed by atoms with van der Waals surface area (Å²) in [4.78, 5) is 10.9. The Balaban J connectivity index is 2.20. The number of ketones is 1. The molecule has 2 rings (SSSR count). The number of rotatable bonds is 0. The first-order chi connectivity index (χ1) is 4.88. The van der Waals surface area contributed by atoms with Gasteiger partial charge in [0.05, 0.1) is 6.61 Å². The predicted molar refractivity (Wildman–Crippen MR) is 32.8 cm³/mol. The van der Waals surface area contributed by atoms with Crippen molar-refractivity contribution in [3.8, 4) is 0 Å². The van der Waals surface area contributed by atoms with E-state index in [1.165, 1.54) is 6.08 Å². The second-order valence-electron chi connectivity index (χ2n) is 2.12. The summed E-state index contributed by atoms with van der Waals surface area (Å²) in [7, 11) is 0. The second kappa shape index (κ2) is 1.87. The largest absolute Gasteiger partial charge is 0.462 e. The standard InChI is InChI=1S/C7H6O3/c8-5-3-1-2-4-9-7-6(5)10-7/h1,3H,2,4H2. The van der Waals surface area contributed by atoms with E-state index in [2.05, 4.69) is 0 Å². The topological polar surface area (TPSA) is 38.8 Å². The van der Waals surface area contributed by atoms with Crippen molar-refractivity contribution in [3.05, 3.63) is 23.9 Å². The quantitative estimate of drug-likeness (QED) is 0.495. The molecule has 0 unspecified atom stereocenters. The molecule has 2 aliphatic heterocycles. The molecule has 0 saturated carbocycles. The van der Waals surface area contributed by atoms with E-state index in [0.29, 0.717) is 18.3 Å². The van der Waals surface area contributed by atoms with Crippen LogP contribution in [-0.2, 0) is 14.3 Å². The average molecular weight is 138 g/mol. The molecule has 0 amide bonds. The number of ether oxygens (including phenoxy) is 2. The van der Waals surface area contributed by atoms with E-state index in [4.69, 9.17) is 9.47 Å². The summed E-state index contributed by atoms with van der Waals surface area (Å²) in [5, 5.41) is 0. The first-order valence-electron chi connectivity index (χ1n) is 3.14. The number of carbonyl (C=O) groups is 1. The zero-order chi connectivity index (χ0) is 6.97. The fourth-order valence-corrected chi connectivity index (χ4v) is 0.799. The SMILES string of the molecule is O=C1C=CCCOC2=C1O2. The Hall–Kier alpha value is -1.25. The van der Waals surface area contributed by atoms with Crippen LogP contribution in [0, 0.1) is 0 Å². The Kier molecular flexibility index (Phi) is 1.03. The van der Waals surface area contributed by atoms with Gasteiger partial charge in [-0.05, 0) is 12.5 Å². The monoisotopic (exact) mass is 138 g/mol. The molecule has 3 nitrogen and oxygen atoms in total. The van der Waals surface area contributed by atoms with Crippen LogP contribution in [0.5, 0.6) is 0 Å². The fourth-order valence-electron chi connectivity index (χ4n) is 0.799. The van der Waals surface area contributed by atoms with E-state index >= 15 is 0 Å². The summed E-state index contributed by atoms with van der Waals surface area (Å²) in [6, 6.07) is 0. The van der Waals surface area contributed by atoms with Gasteiger partial charge in [-0.15, -0.1) is 0 Å². The van der Waals surface area contributed by atoms with Gasteiger partial charge < -0.3 is 9.47 Å². The van der Waals surface area contributed by atoms with E-state index in [0.717, 1.165) is 6.42 Å². The molecule has 0 saturated heterocycles. The zero-order valence-corrected chi connectivity index (χ0v) is 5.29. The van der Waals surface area contributed by atoms with Gasteiger partial charge in [0.15, 0.2) is 0 Å². The Morgan fingerprint density at radius 3 is 3.30 bits per heavy atom. The van der Waals surface area contributed by atoms with Crippen LogP contribution in [0.3, 0.4) is 0 Å². The lowest BCUT2D eigenvalue weighted by Crippen LogP contribution is -1.92. The van der Waals surface area contributed by atoms with E-state index in [9.17, 15) is 4.79 Å². The van der Waals surface area contributed by atoms with Gasteiger partial charge >= 0.3 is 5.95 Å². The summed E-state index contributed by atoms with van der Waals surface area (Å²) in [5.74, 6) is 0.694. The van der Waals surface area contributed by atoms with Gasteiger partial charge in [0.1, 0.15) is 0 Å². The van der Waals surface area contributed by atoms with Crippen molar-refractivity contribution in [3.63, 3.8) is 0 Å². The summed E-state index contributed by atoms with van der Waals surface area (Å²) in [6.45, 7) is 0.600. The number of hydrogen-bond acceptors (Lipinski definition) is 3. The van der Waals surface area contributed by atoms with Crippen LogP contribution >= 0.6 is 0 Å². The highest BCUT2D eigenvalue weighted by Crippen LogP contribution is 2.29. The molecular formula is C7H6O3. The number of allylic oxidation sites excluding steroid dienone is 1. The summed E-state index contributed by atoms with van der Waals surface area (Å²) < 4.78 is 9.77. The average Bonchev–Trinajstić information content (AvgIpc) is 2.62. The van der Waals surface area contributed by atoms with Gasteiger partial charge in [0.2, 0.25) is 5.78 Å². The molecule has 0 aliphatic carbocycles. The van der Waals surface area contributed by atoms with Gasteiger partial charge in [-0.25, -0.2) is 0 Å². The molecule has 0 aromatic rings. The number of hydrogen-bond donors (Lipinski definition) is 0. The molecule has 10 heavy (non-hydrogen) atoms. The highest BCUT2D eigenvalue weighted by atomic mass is 16.7. The van der Waals surface area contributed by atoms with Crippen LogP contribution in [0.15, 0.2) is 23.9 Å². The first-order valence-corrected chi connectivity index (χ1v) is 3.14. The van der Waals surface area contributed by atoms with E-state index in [-0.39, 0.29) is 5.78 Å². The fraction of sp³-hybridized carbons (Fsp3) is 0.286. The molecule has 0 atom stereocenters. The highest BCUT2D eigenvalue weighted by molar-refractivity contribution is 6.04. The maximum Gasteiger partial charge on any atom is 0.334 e. The first kappa shape index (κ1) is 5.53. The van der Waals surface area contributed by atoms with E-state index in [1.807, 2.05) is 0 Å². The minimum Gasteiger partial charge on any atom is -0.462 e. The lowest BCUT2D eigenvalue weighted by molar-refractivity contribution is -0.112. The van der Waals surface area contributed by atoms with Crippen LogP contribution in [-0.4, -0.2) is 12.4 Å². The van der Waals surface area contributed by atoms with Crippen LogP contribution in [0.25, 0.3) is 0 Å². The lowest BCUT2D eigenvalue weighted by Gasteiger charge is -1.93. The Morgan fingerprint density at radius 1 is 1.50 bits per heavy atom. The molecule has 0 bridgehead atoms. The van der Waals surface area contributed by atoms with E-state index in [1.54, 1.807) is 6.08 Å². The molecule has 0 aromatic heterocycles. The van der Waals surface area contributed by atoms with Crippen LogP contribution in [0.1, 0.15) is 6.42 Å². The third-order valence-electron chi connectivity index (χ3n) is 1.35. The van der Waals surface area contributed by atoms with Crippen molar-refractivity contribution in [2.24, 2.45) is 0 Å².